The Kier molecular flexibility index (Phi) is 2.88. The molecule has 1 heterocycles. The van der Waals surface area contributed by atoms with E-state index in [1.165, 1.54) is 0 Å². The van der Waals surface area contributed by atoms with Gasteiger partial charge in [0, 0.05) is 22.7 Å². The minimum absolute atomic E-state index is 0.482. The van der Waals surface area contributed by atoms with Crippen molar-refractivity contribution >= 4 is 32.5 Å². The maximum atomic E-state index is 5.94. The third-order valence-corrected chi connectivity index (χ3v) is 2.64. The van der Waals surface area contributed by atoms with Gasteiger partial charge in [0.05, 0.1) is 17.8 Å². The SMILES string of the molecule is COCc1cc(N)c2cc(Br)ccc2n1. The molecule has 3 nitrogen and oxygen atoms in total. The van der Waals surface area contributed by atoms with Gasteiger partial charge in [-0.2, -0.15) is 0 Å². The van der Waals surface area contributed by atoms with Gasteiger partial charge >= 0.3 is 0 Å². The van der Waals surface area contributed by atoms with Gasteiger partial charge in [0.15, 0.2) is 0 Å². The van der Waals surface area contributed by atoms with Gasteiger partial charge in [-0.15, -0.1) is 0 Å². The highest BCUT2D eigenvalue weighted by Gasteiger charge is 2.03. The molecule has 0 fully saturated rings. The van der Waals surface area contributed by atoms with Crippen LogP contribution in [0.1, 0.15) is 5.69 Å². The Labute approximate surface area is 96.4 Å². The van der Waals surface area contributed by atoms with E-state index < -0.39 is 0 Å². The second-order valence-electron chi connectivity index (χ2n) is 3.30. The first-order valence-corrected chi connectivity index (χ1v) is 5.33. The lowest BCUT2D eigenvalue weighted by molar-refractivity contribution is 0.182. The average molecular weight is 267 g/mol. The van der Waals surface area contributed by atoms with E-state index in [1.54, 1.807) is 7.11 Å². The largest absolute Gasteiger partial charge is 0.398 e. The van der Waals surface area contributed by atoms with Crippen LogP contribution in [0.3, 0.4) is 0 Å². The lowest BCUT2D eigenvalue weighted by Gasteiger charge is -2.05. The monoisotopic (exact) mass is 266 g/mol. The standard InChI is InChI=1S/C11H11BrN2O/c1-15-6-8-5-10(13)9-4-7(12)2-3-11(9)14-8/h2-5H,6H2,1H3,(H2,13,14). The van der Waals surface area contributed by atoms with Gasteiger partial charge in [0.25, 0.3) is 0 Å². The number of aromatic nitrogens is 1. The Balaban J connectivity index is 2.62. The second kappa shape index (κ2) is 4.16. The predicted molar refractivity (Wildman–Crippen MR) is 64.6 cm³/mol. The molecule has 2 N–H and O–H groups in total. The van der Waals surface area contributed by atoms with E-state index >= 15 is 0 Å². The second-order valence-corrected chi connectivity index (χ2v) is 4.21. The van der Waals surface area contributed by atoms with Crippen LogP contribution in [0.2, 0.25) is 0 Å². The average Bonchev–Trinajstić information content (AvgIpc) is 2.20. The van der Waals surface area contributed by atoms with Gasteiger partial charge in [-0.05, 0) is 24.3 Å². The number of nitrogens with zero attached hydrogens (tertiary/aromatic N) is 1. The summed E-state index contributed by atoms with van der Waals surface area (Å²) in [6.45, 7) is 0.482. The lowest BCUT2D eigenvalue weighted by atomic mass is 10.1. The fraction of sp³-hybridized carbons (Fsp3) is 0.182. The van der Waals surface area contributed by atoms with Crippen molar-refractivity contribution in [2.75, 3.05) is 12.8 Å². The molecule has 4 heteroatoms. The first kappa shape index (κ1) is 10.4. The smallest absolute Gasteiger partial charge is 0.0885 e. The molecule has 2 aromatic rings. The van der Waals surface area contributed by atoms with Crippen molar-refractivity contribution in [1.82, 2.24) is 4.98 Å². The number of hydrogen-bond acceptors (Lipinski definition) is 3. The van der Waals surface area contributed by atoms with Crippen molar-refractivity contribution in [1.29, 1.82) is 0 Å². The van der Waals surface area contributed by atoms with Gasteiger partial charge in [-0.3, -0.25) is 4.98 Å². The van der Waals surface area contributed by atoms with E-state index in [0.717, 1.165) is 26.8 Å². The minimum Gasteiger partial charge on any atom is -0.398 e. The molecule has 0 spiro atoms. The van der Waals surface area contributed by atoms with Crippen LogP contribution in [0.25, 0.3) is 10.9 Å². The molecular weight excluding hydrogens is 256 g/mol. The molecule has 15 heavy (non-hydrogen) atoms. The molecular formula is C11H11BrN2O. The summed E-state index contributed by atoms with van der Waals surface area (Å²) >= 11 is 3.41. The van der Waals surface area contributed by atoms with Crippen molar-refractivity contribution in [2.24, 2.45) is 0 Å². The number of nitrogens with two attached hydrogens (primary N) is 1. The van der Waals surface area contributed by atoms with Gasteiger partial charge in [0.1, 0.15) is 0 Å². The van der Waals surface area contributed by atoms with E-state index in [4.69, 9.17) is 10.5 Å². The third kappa shape index (κ3) is 2.11. The van der Waals surface area contributed by atoms with Crippen molar-refractivity contribution in [2.45, 2.75) is 6.61 Å². The zero-order valence-corrected chi connectivity index (χ0v) is 9.91. The minimum atomic E-state index is 0.482. The van der Waals surface area contributed by atoms with Gasteiger partial charge in [-0.1, -0.05) is 15.9 Å². The highest BCUT2D eigenvalue weighted by atomic mass is 79.9. The summed E-state index contributed by atoms with van der Waals surface area (Å²) in [5.74, 6) is 0. The number of ether oxygens (including phenoxy) is 1. The highest BCUT2D eigenvalue weighted by Crippen LogP contribution is 2.24. The Hall–Kier alpha value is -1.13. The van der Waals surface area contributed by atoms with E-state index in [2.05, 4.69) is 20.9 Å². The Bertz CT molecular complexity index is 499. The molecule has 78 valence electrons. The maximum absolute atomic E-state index is 5.94. The van der Waals surface area contributed by atoms with Gasteiger partial charge in [0.2, 0.25) is 0 Å². The van der Waals surface area contributed by atoms with Crippen LogP contribution in [-0.2, 0) is 11.3 Å². The summed E-state index contributed by atoms with van der Waals surface area (Å²) in [6.07, 6.45) is 0. The molecule has 2 rings (SSSR count). The zero-order valence-electron chi connectivity index (χ0n) is 8.33. The molecule has 1 aromatic heterocycles. The quantitative estimate of drug-likeness (QED) is 0.910. The van der Waals surface area contributed by atoms with E-state index in [-0.39, 0.29) is 0 Å². The van der Waals surface area contributed by atoms with Crippen LogP contribution in [0.15, 0.2) is 28.7 Å². The molecule has 1 aromatic carbocycles. The predicted octanol–water partition coefficient (Wildman–Crippen LogP) is 2.73. The topological polar surface area (TPSA) is 48.1 Å². The number of anilines is 1. The number of fused-ring (bicyclic) bond motifs is 1. The zero-order chi connectivity index (χ0) is 10.8. The molecule has 0 radical (unpaired) electrons. The number of pyridine rings is 1. The Morgan fingerprint density at radius 1 is 1.40 bits per heavy atom. The third-order valence-electron chi connectivity index (χ3n) is 2.15. The Morgan fingerprint density at radius 3 is 2.93 bits per heavy atom. The summed E-state index contributed by atoms with van der Waals surface area (Å²) < 4.78 is 6.03. The van der Waals surface area contributed by atoms with E-state index in [1.807, 2.05) is 24.3 Å². The number of benzene rings is 1. The summed E-state index contributed by atoms with van der Waals surface area (Å²) in [5, 5.41) is 0.962. The molecule has 0 saturated heterocycles. The number of hydrogen-bond donors (Lipinski definition) is 1. The number of nitrogen functional groups attached to an aromatic ring is 1. The first-order chi connectivity index (χ1) is 7.20. The molecule has 0 saturated carbocycles. The van der Waals surface area contributed by atoms with Crippen molar-refractivity contribution in [3.63, 3.8) is 0 Å². The van der Waals surface area contributed by atoms with Crippen LogP contribution in [0.4, 0.5) is 5.69 Å². The fourth-order valence-corrected chi connectivity index (χ4v) is 1.86. The number of methoxy groups -OCH3 is 1. The maximum Gasteiger partial charge on any atom is 0.0885 e. The van der Waals surface area contributed by atoms with E-state index in [0.29, 0.717) is 6.61 Å². The molecule has 0 unspecified atom stereocenters. The summed E-state index contributed by atoms with van der Waals surface area (Å²) in [7, 11) is 1.64. The molecule has 0 amide bonds. The van der Waals surface area contributed by atoms with Crippen molar-refractivity contribution in [3.05, 3.63) is 34.4 Å². The summed E-state index contributed by atoms with van der Waals surface area (Å²) in [5.41, 5.74) is 8.42. The van der Waals surface area contributed by atoms with Crippen LogP contribution in [0, 0.1) is 0 Å². The van der Waals surface area contributed by atoms with Crippen LogP contribution < -0.4 is 5.73 Å². The number of halogens is 1. The fourth-order valence-electron chi connectivity index (χ4n) is 1.50. The van der Waals surface area contributed by atoms with Gasteiger partial charge < -0.3 is 10.5 Å². The van der Waals surface area contributed by atoms with Gasteiger partial charge in [-0.25, -0.2) is 0 Å². The summed E-state index contributed by atoms with van der Waals surface area (Å²) in [6, 6.07) is 7.70. The highest BCUT2D eigenvalue weighted by molar-refractivity contribution is 9.10. The normalized spacial score (nSPS) is 10.8. The van der Waals surface area contributed by atoms with Crippen molar-refractivity contribution < 1.29 is 4.74 Å². The molecule has 0 aliphatic rings. The Morgan fingerprint density at radius 2 is 2.20 bits per heavy atom. The molecule has 0 aliphatic carbocycles. The summed E-state index contributed by atoms with van der Waals surface area (Å²) in [4.78, 5) is 4.44. The van der Waals surface area contributed by atoms with Crippen LogP contribution in [-0.4, -0.2) is 12.1 Å². The lowest BCUT2D eigenvalue weighted by Crippen LogP contribution is -1.97. The first-order valence-electron chi connectivity index (χ1n) is 4.54. The van der Waals surface area contributed by atoms with E-state index in [9.17, 15) is 0 Å². The van der Waals surface area contributed by atoms with Crippen LogP contribution in [0.5, 0.6) is 0 Å². The van der Waals surface area contributed by atoms with Crippen LogP contribution >= 0.6 is 15.9 Å². The van der Waals surface area contributed by atoms with Crippen molar-refractivity contribution in [3.8, 4) is 0 Å². The molecule has 0 atom stereocenters. The molecule has 0 aliphatic heterocycles. The molecule has 0 bridgehead atoms. The number of rotatable bonds is 2.